The maximum absolute atomic E-state index is 8.04. The van der Waals surface area contributed by atoms with E-state index in [1.54, 1.807) is 0 Å². The molecule has 0 aromatic rings. The Labute approximate surface area is 38.4 Å². The quantitative estimate of drug-likeness (QED) is 0.462. The molecular weight excluding hydrogens is 78.0 g/mol. The average Bonchev–Trinajstić information content (AvgIpc) is 1.35. The zero-order valence-electron chi connectivity index (χ0n) is 3.46. The van der Waals surface area contributed by atoms with Gasteiger partial charge in [0.1, 0.15) is 0 Å². The van der Waals surface area contributed by atoms with Crippen LogP contribution < -0.4 is 0 Å². The number of hydrogen-bond acceptors (Lipinski definition) is 2. The molecule has 0 rings (SSSR count). The van der Waals surface area contributed by atoms with Crippen LogP contribution in [0.4, 0.5) is 0 Å². The summed E-state index contributed by atoms with van der Waals surface area (Å²) in [6.45, 7) is 0.326. The van der Waals surface area contributed by atoms with Crippen LogP contribution in [0.25, 0.3) is 0 Å². The molecule has 0 spiro atoms. The average molecular weight is 85.1 g/mol. The van der Waals surface area contributed by atoms with E-state index in [1.165, 1.54) is 0 Å². The maximum atomic E-state index is 8.04. The largest absolute Gasteiger partial charge is 0.395 e. The van der Waals surface area contributed by atoms with Crippen molar-refractivity contribution in [2.24, 2.45) is 0 Å². The highest BCUT2D eigenvalue weighted by molar-refractivity contribution is 4.47. The molecule has 1 N–H and O–H groups in total. The molecule has 6 heavy (non-hydrogen) atoms. The minimum absolute atomic E-state index is 0.00694. The molecule has 0 heterocycles. The predicted molar refractivity (Wildman–Crippen MR) is 22.4 cm³/mol. The van der Waals surface area contributed by atoms with Crippen LogP contribution in [0.2, 0.25) is 0 Å². The predicted octanol–water partition coefficient (Wildman–Crippen LogP) is -0.382. The second-order valence-electron chi connectivity index (χ2n) is 0.961. The third-order valence-electron chi connectivity index (χ3n) is 0.358. The summed E-state index contributed by atoms with van der Waals surface area (Å²) in [4.78, 5) is 0.931. The van der Waals surface area contributed by atoms with Gasteiger partial charge in [0.05, 0.1) is 6.61 Å². The van der Waals surface area contributed by atoms with Gasteiger partial charge in [-0.1, -0.05) is 0 Å². The van der Waals surface area contributed by atoms with E-state index in [0.717, 1.165) is 4.90 Å². The highest BCUT2D eigenvalue weighted by Crippen LogP contribution is 1.72. The van der Waals surface area contributed by atoms with E-state index in [-0.39, 0.29) is 6.61 Å². The fourth-order valence-electron chi connectivity index (χ4n) is 0.115. The normalized spacial score (nSPS) is 10.0. The number of rotatable bonds is 2. The van der Waals surface area contributed by atoms with E-state index in [2.05, 4.69) is 0 Å². The molecule has 34 valence electrons. The van der Waals surface area contributed by atoms with E-state index >= 15 is 0 Å². The van der Waals surface area contributed by atoms with E-state index in [4.69, 9.17) is 19.2 Å². The van der Waals surface area contributed by atoms with Crippen LogP contribution in [-0.2, 0) is 0 Å². The van der Waals surface area contributed by atoms with Crippen molar-refractivity contribution in [3.8, 4) is 0 Å². The first-order valence-corrected chi connectivity index (χ1v) is 1.65. The summed E-state index contributed by atoms with van der Waals surface area (Å²) in [5.74, 6) is 0. The molecule has 0 aliphatic heterocycles. The van der Waals surface area contributed by atoms with Gasteiger partial charge in [0.15, 0.2) is 0 Å². The fourth-order valence-corrected chi connectivity index (χ4v) is 0.115. The Morgan fingerprint density at radius 3 is 2.00 bits per heavy atom. The Bertz CT molecular complexity index is 28.7. The summed E-state index contributed by atoms with van der Waals surface area (Å²) in [6, 6.07) is 0. The van der Waals surface area contributed by atoms with E-state index in [9.17, 15) is 0 Å². The Morgan fingerprint density at radius 1 is 1.50 bits per heavy atom. The third-order valence-corrected chi connectivity index (χ3v) is 0.358. The van der Waals surface area contributed by atoms with E-state index < -0.39 is 0 Å². The monoisotopic (exact) mass is 85.1 g/mol. The molecule has 0 atom stereocenters. The summed E-state index contributed by atoms with van der Waals surface area (Å²) in [5.41, 5.74) is 0. The lowest BCUT2D eigenvalue weighted by Gasteiger charge is -2.01. The molecule has 2 heteroatoms. The summed E-state index contributed by atoms with van der Waals surface area (Å²) in [6.07, 6.45) is 0. The molecule has 0 fully saturated rings. The molecular formula is C4H7NO. The van der Waals surface area contributed by atoms with Crippen molar-refractivity contribution in [2.45, 2.75) is 0 Å². The smallest absolute Gasteiger partial charge is 0.0558 e. The van der Waals surface area contributed by atoms with Gasteiger partial charge >= 0.3 is 0 Å². The molecule has 0 aliphatic carbocycles. The van der Waals surface area contributed by atoms with Crippen LogP contribution >= 0.6 is 0 Å². The van der Waals surface area contributed by atoms with Gasteiger partial charge in [-0.3, -0.25) is 4.90 Å². The van der Waals surface area contributed by atoms with Crippen molar-refractivity contribution in [2.75, 3.05) is 13.2 Å². The van der Waals surface area contributed by atoms with Gasteiger partial charge in [0, 0.05) is 20.6 Å². The molecule has 2 nitrogen and oxygen atoms in total. The maximum Gasteiger partial charge on any atom is 0.0558 e. The first-order valence-electron chi connectivity index (χ1n) is 1.65. The van der Waals surface area contributed by atoms with Gasteiger partial charge < -0.3 is 5.11 Å². The van der Waals surface area contributed by atoms with Crippen LogP contribution in [0.1, 0.15) is 0 Å². The lowest BCUT2D eigenvalue weighted by Crippen LogP contribution is -2.10. The topological polar surface area (TPSA) is 23.5 Å². The second-order valence-corrected chi connectivity index (χ2v) is 0.961. The fraction of sp³-hybridized carbons (Fsp3) is 0.500. The van der Waals surface area contributed by atoms with Crippen LogP contribution in [-0.4, -0.2) is 23.2 Å². The van der Waals surface area contributed by atoms with Gasteiger partial charge in [-0.2, -0.15) is 0 Å². The molecule has 0 bridgehead atoms. The zero-order valence-corrected chi connectivity index (χ0v) is 3.46. The van der Waals surface area contributed by atoms with E-state index in [0.29, 0.717) is 6.54 Å². The molecule has 0 amide bonds. The molecule has 0 unspecified atom stereocenters. The second kappa shape index (κ2) is 3.12. The van der Waals surface area contributed by atoms with Crippen LogP contribution in [0.3, 0.4) is 0 Å². The van der Waals surface area contributed by atoms with Crippen molar-refractivity contribution in [1.29, 1.82) is 0 Å². The van der Waals surface area contributed by atoms with Crippen LogP contribution in [0, 0.1) is 14.1 Å². The van der Waals surface area contributed by atoms with Crippen LogP contribution in [0.15, 0.2) is 0 Å². The molecule has 0 aromatic carbocycles. The van der Waals surface area contributed by atoms with Crippen molar-refractivity contribution in [3.05, 3.63) is 14.1 Å². The zero-order chi connectivity index (χ0) is 4.99. The first kappa shape index (κ1) is 5.92. The minimum atomic E-state index is 0.00694. The third kappa shape index (κ3) is 3.92. The van der Waals surface area contributed by atoms with E-state index in [1.807, 2.05) is 0 Å². The minimum Gasteiger partial charge on any atom is -0.395 e. The van der Waals surface area contributed by atoms with Gasteiger partial charge in [-0.05, 0) is 0 Å². The van der Waals surface area contributed by atoms with Crippen LogP contribution in [0.5, 0.6) is 0 Å². The van der Waals surface area contributed by atoms with Crippen molar-refractivity contribution in [3.63, 3.8) is 0 Å². The Kier molecular flexibility index (Phi) is 3.08. The van der Waals surface area contributed by atoms with Crippen molar-refractivity contribution in [1.82, 2.24) is 4.90 Å². The number of hydrogen-bond donors (Lipinski definition) is 1. The van der Waals surface area contributed by atoms with Crippen molar-refractivity contribution < 1.29 is 5.11 Å². The molecule has 4 radical (unpaired) electrons. The molecule has 0 aliphatic rings. The Hall–Kier alpha value is -0.0800. The first-order chi connectivity index (χ1) is 2.77. The van der Waals surface area contributed by atoms with Gasteiger partial charge in [0.25, 0.3) is 0 Å². The van der Waals surface area contributed by atoms with Gasteiger partial charge in [-0.25, -0.2) is 0 Å². The SMILES string of the molecule is [CH]N([CH])CCO. The standard InChI is InChI=1S/C4H7NO/c1-5(2)3-4-6/h1-2,6H,3-4H2. The summed E-state index contributed by atoms with van der Waals surface area (Å²) < 4.78 is 0. The number of nitrogens with zero attached hydrogens (tertiary/aromatic N) is 1. The molecule has 0 saturated heterocycles. The van der Waals surface area contributed by atoms with Crippen molar-refractivity contribution >= 4 is 0 Å². The van der Waals surface area contributed by atoms with Gasteiger partial charge in [0.2, 0.25) is 0 Å². The highest BCUT2D eigenvalue weighted by atomic mass is 16.3. The molecule has 0 aromatic heterocycles. The summed E-state index contributed by atoms with van der Waals surface area (Å²) >= 11 is 0. The summed E-state index contributed by atoms with van der Waals surface area (Å²) in [5, 5.41) is 8.04. The number of aliphatic hydroxyl groups excluding tert-OH is 1. The Balaban J connectivity index is 2.63. The highest BCUT2D eigenvalue weighted by Gasteiger charge is 1.82. The van der Waals surface area contributed by atoms with Gasteiger partial charge in [-0.15, -0.1) is 0 Å². The lowest BCUT2D eigenvalue weighted by molar-refractivity contribution is 0.261. The summed E-state index contributed by atoms with van der Waals surface area (Å²) in [7, 11) is 9.71. The number of aliphatic hydroxyl groups is 1. The Morgan fingerprint density at radius 2 is 2.00 bits per heavy atom. The lowest BCUT2D eigenvalue weighted by atomic mass is 10.6. The molecule has 0 saturated carbocycles.